The molecule has 30 heavy (non-hydrogen) atoms. The van der Waals surface area contributed by atoms with E-state index >= 15 is 0 Å². The number of nitrogens with two attached hydrogens (primary N) is 1. The van der Waals surface area contributed by atoms with E-state index in [0.29, 0.717) is 12.5 Å². The second-order valence-corrected chi connectivity index (χ2v) is 8.13. The first-order chi connectivity index (χ1) is 14.1. The van der Waals surface area contributed by atoms with E-state index in [1.807, 2.05) is 24.6 Å². The second kappa shape index (κ2) is 10.3. The number of rotatable bonds is 5. The summed E-state index contributed by atoms with van der Waals surface area (Å²) in [6, 6.07) is 10.4. The molecule has 0 atom stereocenters. The Morgan fingerprint density at radius 2 is 1.87 bits per heavy atom. The normalized spacial score (nSPS) is 14.7. The van der Waals surface area contributed by atoms with Crippen molar-refractivity contribution in [3.8, 4) is 0 Å². The molecule has 3 heterocycles. The molecule has 1 aromatic carbocycles. The summed E-state index contributed by atoms with van der Waals surface area (Å²) < 4.78 is 2.05. The van der Waals surface area contributed by atoms with Gasteiger partial charge in [-0.3, -0.25) is 4.68 Å². The van der Waals surface area contributed by atoms with Crippen molar-refractivity contribution >= 4 is 46.4 Å². The van der Waals surface area contributed by atoms with Gasteiger partial charge < -0.3 is 15.5 Å². The molecule has 0 bridgehead atoms. The van der Waals surface area contributed by atoms with Crippen LogP contribution in [-0.2, 0) is 13.1 Å². The highest BCUT2D eigenvalue weighted by molar-refractivity contribution is 14.0. The van der Waals surface area contributed by atoms with Crippen molar-refractivity contribution in [3.63, 3.8) is 0 Å². The van der Waals surface area contributed by atoms with Crippen molar-refractivity contribution in [2.24, 2.45) is 10.7 Å². The number of aliphatic imine (C=N–C) groups is 1. The number of hydrogen-bond donors (Lipinski definition) is 1. The third-order valence-corrected chi connectivity index (χ3v) is 6.23. The minimum Gasteiger partial charge on any atom is -0.370 e. The molecule has 9 heteroatoms. The molecule has 160 valence electrons. The van der Waals surface area contributed by atoms with E-state index in [2.05, 4.69) is 55.6 Å². The molecule has 7 nitrogen and oxygen atoms in total. The maximum Gasteiger partial charge on any atom is 0.191 e. The lowest BCUT2D eigenvalue weighted by molar-refractivity contribution is 0.380. The van der Waals surface area contributed by atoms with Gasteiger partial charge in [-0.15, -0.1) is 35.3 Å². The highest BCUT2D eigenvalue weighted by atomic mass is 127. The van der Waals surface area contributed by atoms with Crippen molar-refractivity contribution in [1.29, 1.82) is 0 Å². The number of halogens is 1. The summed E-state index contributed by atoms with van der Waals surface area (Å²) in [5, 5.41) is 7.81. The maximum absolute atomic E-state index is 6.31. The number of nitrogens with zero attached hydrogens (tertiary/aromatic N) is 6. The van der Waals surface area contributed by atoms with Gasteiger partial charge in [-0.05, 0) is 19.4 Å². The minimum atomic E-state index is 0. The first-order valence-corrected chi connectivity index (χ1v) is 10.8. The number of anilines is 1. The molecule has 0 spiro atoms. The lowest BCUT2D eigenvalue weighted by Crippen LogP contribution is -2.51. The van der Waals surface area contributed by atoms with Crippen LogP contribution in [0.1, 0.15) is 22.5 Å². The van der Waals surface area contributed by atoms with Gasteiger partial charge in [0.05, 0.1) is 18.8 Å². The van der Waals surface area contributed by atoms with Crippen molar-refractivity contribution < 1.29 is 0 Å². The molecule has 1 aliphatic rings. The van der Waals surface area contributed by atoms with Crippen LogP contribution < -0.4 is 10.6 Å². The molecular weight excluding hydrogens is 509 g/mol. The van der Waals surface area contributed by atoms with Gasteiger partial charge in [0, 0.05) is 49.0 Å². The highest BCUT2D eigenvalue weighted by Gasteiger charge is 2.20. The Morgan fingerprint density at radius 3 is 2.53 bits per heavy atom. The Labute approximate surface area is 198 Å². The van der Waals surface area contributed by atoms with Crippen LogP contribution in [0.25, 0.3) is 0 Å². The van der Waals surface area contributed by atoms with Crippen molar-refractivity contribution in [1.82, 2.24) is 19.7 Å². The first-order valence-electron chi connectivity index (χ1n) is 9.88. The van der Waals surface area contributed by atoms with Gasteiger partial charge in [0.15, 0.2) is 11.1 Å². The fourth-order valence-corrected chi connectivity index (χ4v) is 4.33. The van der Waals surface area contributed by atoms with Crippen LogP contribution in [0.5, 0.6) is 0 Å². The third-order valence-electron chi connectivity index (χ3n) is 5.40. The van der Waals surface area contributed by atoms with Crippen LogP contribution in [-0.4, -0.2) is 51.8 Å². The van der Waals surface area contributed by atoms with Crippen LogP contribution in [0.4, 0.5) is 5.13 Å². The quantitative estimate of drug-likeness (QED) is 0.307. The molecule has 0 amide bonds. The predicted molar refractivity (Wildman–Crippen MR) is 134 cm³/mol. The minimum absolute atomic E-state index is 0. The molecule has 0 aliphatic carbocycles. The Bertz CT molecular complexity index is 961. The summed E-state index contributed by atoms with van der Waals surface area (Å²) in [7, 11) is 0. The van der Waals surface area contributed by atoms with Crippen LogP contribution >= 0.6 is 35.3 Å². The Morgan fingerprint density at radius 1 is 1.13 bits per heavy atom. The fourth-order valence-electron chi connectivity index (χ4n) is 3.63. The van der Waals surface area contributed by atoms with Gasteiger partial charge in [0.1, 0.15) is 0 Å². The zero-order chi connectivity index (χ0) is 20.2. The zero-order valence-electron chi connectivity index (χ0n) is 17.4. The lowest BCUT2D eigenvalue weighted by Gasteiger charge is -2.35. The van der Waals surface area contributed by atoms with E-state index in [4.69, 9.17) is 10.8 Å². The van der Waals surface area contributed by atoms with E-state index in [-0.39, 0.29) is 24.0 Å². The molecule has 0 saturated carbocycles. The molecule has 2 aromatic heterocycles. The van der Waals surface area contributed by atoms with Crippen molar-refractivity contribution in [3.05, 3.63) is 64.4 Å². The number of hydrogen-bond acceptors (Lipinski definition) is 5. The monoisotopic (exact) mass is 537 g/mol. The van der Waals surface area contributed by atoms with Crippen LogP contribution in [0, 0.1) is 13.8 Å². The van der Waals surface area contributed by atoms with Crippen molar-refractivity contribution in [2.75, 3.05) is 31.1 Å². The van der Waals surface area contributed by atoms with Gasteiger partial charge in [-0.1, -0.05) is 30.3 Å². The summed E-state index contributed by atoms with van der Waals surface area (Å²) in [6.45, 7) is 9.03. The van der Waals surface area contributed by atoms with Crippen LogP contribution in [0.2, 0.25) is 0 Å². The Kier molecular flexibility index (Phi) is 7.70. The van der Waals surface area contributed by atoms with Gasteiger partial charge in [-0.2, -0.15) is 5.10 Å². The maximum atomic E-state index is 6.31. The molecule has 2 N–H and O–H groups in total. The number of aryl methyl sites for hydroxylation is 1. The van der Waals surface area contributed by atoms with E-state index in [9.17, 15) is 0 Å². The van der Waals surface area contributed by atoms with Gasteiger partial charge in [-0.25, -0.2) is 9.98 Å². The largest absolute Gasteiger partial charge is 0.370 e. The molecule has 4 rings (SSSR count). The Hall–Kier alpha value is -2.14. The molecule has 0 radical (unpaired) electrons. The SMILES string of the molecule is Cc1nn(Cc2ccccc2)c(C)c1CN=C(N)N1CCN(c2nccs2)CC1.I. The first kappa shape index (κ1) is 22.5. The molecular formula is C21H28IN7S. The van der Waals surface area contributed by atoms with Gasteiger partial charge >= 0.3 is 0 Å². The number of piperazine rings is 1. The number of aromatic nitrogens is 3. The summed E-state index contributed by atoms with van der Waals surface area (Å²) in [6.07, 6.45) is 1.85. The third kappa shape index (κ3) is 5.12. The van der Waals surface area contributed by atoms with Crippen molar-refractivity contribution in [2.45, 2.75) is 26.9 Å². The van der Waals surface area contributed by atoms with E-state index in [1.165, 1.54) is 5.56 Å². The molecule has 0 unspecified atom stereocenters. The summed E-state index contributed by atoms with van der Waals surface area (Å²) in [4.78, 5) is 13.5. The average Bonchev–Trinajstić information content (AvgIpc) is 3.37. The summed E-state index contributed by atoms with van der Waals surface area (Å²) >= 11 is 1.68. The number of benzene rings is 1. The lowest BCUT2D eigenvalue weighted by atomic mass is 10.2. The predicted octanol–water partition coefficient (Wildman–Crippen LogP) is 3.26. The Balaban J connectivity index is 0.00000256. The molecule has 1 saturated heterocycles. The fraction of sp³-hybridized carbons (Fsp3) is 0.381. The van der Waals surface area contributed by atoms with E-state index in [1.54, 1.807) is 11.3 Å². The van der Waals surface area contributed by atoms with Gasteiger partial charge in [0.25, 0.3) is 0 Å². The summed E-state index contributed by atoms with van der Waals surface area (Å²) in [5.41, 5.74) is 10.9. The van der Waals surface area contributed by atoms with E-state index < -0.39 is 0 Å². The standard InChI is InChI=1S/C21H27N7S.HI/c1-16-19(17(2)28(25-16)15-18-6-4-3-5-7-18)14-24-20(22)26-9-11-27(12-10-26)21-23-8-13-29-21;/h3-8,13H,9-12,14-15H2,1-2H3,(H2,22,24);1H. The van der Waals surface area contributed by atoms with E-state index in [0.717, 1.165) is 54.8 Å². The topological polar surface area (TPSA) is 75.6 Å². The molecule has 1 aliphatic heterocycles. The molecule has 3 aromatic rings. The highest BCUT2D eigenvalue weighted by Crippen LogP contribution is 2.19. The van der Waals surface area contributed by atoms with Crippen LogP contribution in [0.3, 0.4) is 0 Å². The number of thiazole rings is 1. The zero-order valence-corrected chi connectivity index (χ0v) is 20.5. The summed E-state index contributed by atoms with van der Waals surface area (Å²) in [5.74, 6) is 0.610. The van der Waals surface area contributed by atoms with Gasteiger partial charge in [0.2, 0.25) is 0 Å². The molecule has 1 fully saturated rings. The smallest absolute Gasteiger partial charge is 0.191 e. The average molecular weight is 537 g/mol. The number of guanidine groups is 1. The second-order valence-electron chi connectivity index (χ2n) is 7.26. The van der Waals surface area contributed by atoms with Crippen LogP contribution in [0.15, 0.2) is 46.9 Å².